The Kier molecular flexibility index (Phi) is 9.12. The van der Waals surface area contributed by atoms with Crippen LogP contribution in [0.3, 0.4) is 0 Å². The Hall–Kier alpha value is -3.94. The van der Waals surface area contributed by atoms with Gasteiger partial charge < -0.3 is 20.2 Å². The standard InChI is InChI=1S/C26H33N5O3/c1-8-9-17(2)14-18(3)26(34)27-20-12-10-19(11-13-20)15-22-28-24(30(4)5)21(16-23(32)33)25(29-22)31(6)7/h8-14H,3,15-16H2,1-2,4-7H3,(H,27,34)(H,32,33)/b9-8-,17-14+. The second-order valence-electron chi connectivity index (χ2n) is 8.37. The van der Waals surface area contributed by atoms with Gasteiger partial charge in [-0.05, 0) is 37.6 Å². The first-order chi connectivity index (χ1) is 16.0. The molecule has 0 unspecified atom stereocenters. The number of carboxylic acid groups (broad SMARTS) is 1. The van der Waals surface area contributed by atoms with Gasteiger partial charge in [-0.25, -0.2) is 9.97 Å². The molecule has 0 saturated heterocycles. The summed E-state index contributed by atoms with van der Waals surface area (Å²) in [7, 11) is 7.32. The van der Waals surface area contributed by atoms with Gasteiger partial charge >= 0.3 is 5.97 Å². The maximum Gasteiger partial charge on any atom is 0.308 e. The van der Waals surface area contributed by atoms with Crippen LogP contribution in [0.4, 0.5) is 17.3 Å². The van der Waals surface area contributed by atoms with E-state index in [4.69, 9.17) is 0 Å². The number of nitrogens with zero attached hydrogens (tertiary/aromatic N) is 4. The number of aromatic nitrogens is 2. The number of nitrogens with one attached hydrogen (secondary N) is 1. The molecule has 1 amide bonds. The molecule has 0 atom stereocenters. The smallest absolute Gasteiger partial charge is 0.308 e. The van der Waals surface area contributed by atoms with Gasteiger partial charge in [-0.1, -0.05) is 36.4 Å². The van der Waals surface area contributed by atoms with Crippen LogP contribution in [0.15, 0.2) is 60.2 Å². The molecule has 0 radical (unpaired) electrons. The molecule has 1 aromatic heterocycles. The summed E-state index contributed by atoms with van der Waals surface area (Å²) in [4.78, 5) is 36.6. The van der Waals surface area contributed by atoms with Crippen molar-refractivity contribution in [3.63, 3.8) is 0 Å². The molecule has 0 spiro atoms. The lowest BCUT2D eigenvalue weighted by Gasteiger charge is -2.22. The van der Waals surface area contributed by atoms with Gasteiger partial charge in [0.2, 0.25) is 0 Å². The summed E-state index contributed by atoms with van der Waals surface area (Å²) in [6.45, 7) is 7.66. The van der Waals surface area contributed by atoms with Crippen LogP contribution >= 0.6 is 0 Å². The van der Waals surface area contributed by atoms with E-state index in [2.05, 4.69) is 21.9 Å². The molecular weight excluding hydrogens is 430 g/mol. The fraction of sp³-hybridized carbons (Fsp3) is 0.308. The van der Waals surface area contributed by atoms with Crippen molar-refractivity contribution in [1.29, 1.82) is 0 Å². The van der Waals surface area contributed by atoms with Crippen molar-refractivity contribution < 1.29 is 14.7 Å². The van der Waals surface area contributed by atoms with E-state index in [1.807, 2.05) is 78.5 Å². The number of amides is 1. The third-order valence-corrected chi connectivity index (χ3v) is 4.88. The average molecular weight is 464 g/mol. The number of benzene rings is 1. The summed E-state index contributed by atoms with van der Waals surface area (Å²) >= 11 is 0. The number of allylic oxidation sites excluding steroid dienone is 3. The molecule has 0 bridgehead atoms. The number of hydrogen-bond donors (Lipinski definition) is 2. The molecule has 0 aliphatic heterocycles. The number of carbonyl (C=O) groups is 2. The highest BCUT2D eigenvalue weighted by Crippen LogP contribution is 2.27. The van der Waals surface area contributed by atoms with E-state index in [0.717, 1.165) is 11.1 Å². The molecule has 2 N–H and O–H groups in total. The van der Waals surface area contributed by atoms with E-state index in [9.17, 15) is 14.7 Å². The number of rotatable bonds is 10. The number of anilines is 3. The fourth-order valence-electron chi connectivity index (χ4n) is 3.38. The van der Waals surface area contributed by atoms with E-state index in [1.165, 1.54) is 0 Å². The van der Waals surface area contributed by atoms with Crippen LogP contribution in [0.1, 0.15) is 30.8 Å². The van der Waals surface area contributed by atoms with Gasteiger partial charge in [0.25, 0.3) is 5.91 Å². The second kappa shape index (κ2) is 11.8. The molecule has 1 aromatic carbocycles. The summed E-state index contributed by atoms with van der Waals surface area (Å²) in [5, 5.41) is 12.2. The highest BCUT2D eigenvalue weighted by atomic mass is 16.4. The first-order valence-electron chi connectivity index (χ1n) is 10.9. The quantitative estimate of drug-likeness (QED) is 0.408. The lowest BCUT2D eigenvalue weighted by atomic mass is 10.1. The van der Waals surface area contributed by atoms with Crippen molar-refractivity contribution in [3.8, 4) is 0 Å². The maximum atomic E-state index is 12.4. The molecule has 180 valence electrons. The van der Waals surface area contributed by atoms with Crippen LogP contribution in [-0.4, -0.2) is 55.1 Å². The molecule has 0 fully saturated rings. The summed E-state index contributed by atoms with van der Waals surface area (Å²) in [5.74, 6) is 0.548. The van der Waals surface area contributed by atoms with Gasteiger partial charge in [-0.15, -0.1) is 0 Å². The Labute approximate surface area is 201 Å². The lowest BCUT2D eigenvalue weighted by Crippen LogP contribution is -2.22. The van der Waals surface area contributed by atoms with E-state index in [0.29, 0.717) is 40.7 Å². The van der Waals surface area contributed by atoms with E-state index >= 15 is 0 Å². The van der Waals surface area contributed by atoms with Gasteiger partial charge in [0.05, 0.1) is 6.42 Å². The molecule has 0 aliphatic carbocycles. The summed E-state index contributed by atoms with van der Waals surface area (Å²) < 4.78 is 0. The second-order valence-corrected chi connectivity index (χ2v) is 8.37. The Morgan fingerprint density at radius 3 is 2.09 bits per heavy atom. The fourth-order valence-corrected chi connectivity index (χ4v) is 3.38. The van der Waals surface area contributed by atoms with Crippen LogP contribution in [0.2, 0.25) is 0 Å². The van der Waals surface area contributed by atoms with Crippen LogP contribution < -0.4 is 15.1 Å². The van der Waals surface area contributed by atoms with Gasteiger partial charge in [0.1, 0.15) is 17.5 Å². The molecule has 1 heterocycles. The summed E-state index contributed by atoms with van der Waals surface area (Å²) in [5.41, 5.74) is 3.51. The monoisotopic (exact) mass is 463 g/mol. The molecule has 8 nitrogen and oxygen atoms in total. The van der Waals surface area contributed by atoms with Crippen LogP contribution in [0, 0.1) is 0 Å². The molecule has 2 rings (SSSR count). The summed E-state index contributed by atoms with van der Waals surface area (Å²) in [6.07, 6.45) is 5.85. The minimum absolute atomic E-state index is 0.162. The topological polar surface area (TPSA) is 98.7 Å². The van der Waals surface area contributed by atoms with E-state index < -0.39 is 5.97 Å². The highest BCUT2D eigenvalue weighted by Gasteiger charge is 2.20. The normalized spacial score (nSPS) is 11.4. The van der Waals surface area contributed by atoms with Crippen molar-refractivity contribution in [1.82, 2.24) is 9.97 Å². The average Bonchev–Trinajstić information content (AvgIpc) is 2.75. The number of carboxylic acids is 1. The number of hydrogen-bond acceptors (Lipinski definition) is 6. The zero-order chi connectivity index (χ0) is 25.4. The van der Waals surface area contributed by atoms with Crippen molar-refractivity contribution >= 4 is 29.2 Å². The van der Waals surface area contributed by atoms with Gasteiger partial charge in [-0.3, -0.25) is 9.59 Å². The zero-order valence-electron chi connectivity index (χ0n) is 20.7. The minimum atomic E-state index is -0.935. The Bertz CT molecular complexity index is 1090. The molecule has 2 aromatic rings. The maximum absolute atomic E-state index is 12.4. The van der Waals surface area contributed by atoms with Crippen molar-refractivity contribution in [2.75, 3.05) is 43.3 Å². The SMILES string of the molecule is C=C(/C=C(C)/C=C\C)C(=O)Nc1ccc(Cc2nc(N(C)C)c(CC(=O)O)c(N(C)C)n2)cc1. The molecule has 0 saturated carbocycles. The minimum Gasteiger partial charge on any atom is -0.481 e. The third kappa shape index (κ3) is 7.30. The largest absolute Gasteiger partial charge is 0.481 e. The molecule has 34 heavy (non-hydrogen) atoms. The van der Waals surface area contributed by atoms with E-state index in [-0.39, 0.29) is 12.3 Å². The van der Waals surface area contributed by atoms with Crippen LogP contribution in [0.25, 0.3) is 0 Å². The van der Waals surface area contributed by atoms with Crippen molar-refractivity contribution in [2.45, 2.75) is 26.7 Å². The predicted molar refractivity (Wildman–Crippen MR) is 138 cm³/mol. The lowest BCUT2D eigenvalue weighted by molar-refractivity contribution is -0.136. The zero-order valence-corrected chi connectivity index (χ0v) is 20.7. The molecular formula is C26H33N5O3. The number of carbonyl (C=O) groups excluding carboxylic acids is 1. The van der Waals surface area contributed by atoms with Crippen LogP contribution in [0.5, 0.6) is 0 Å². The first-order valence-corrected chi connectivity index (χ1v) is 10.9. The molecule has 8 heteroatoms. The highest BCUT2D eigenvalue weighted by molar-refractivity contribution is 6.05. The Morgan fingerprint density at radius 1 is 1.06 bits per heavy atom. The number of aliphatic carboxylic acids is 1. The Morgan fingerprint density at radius 2 is 1.62 bits per heavy atom. The Balaban J connectivity index is 2.23. The first kappa shape index (κ1) is 26.3. The van der Waals surface area contributed by atoms with Crippen molar-refractivity contribution in [2.24, 2.45) is 0 Å². The van der Waals surface area contributed by atoms with Crippen LogP contribution in [-0.2, 0) is 22.4 Å². The van der Waals surface area contributed by atoms with E-state index in [1.54, 1.807) is 15.9 Å². The van der Waals surface area contributed by atoms with Crippen molar-refractivity contribution in [3.05, 3.63) is 77.2 Å². The van der Waals surface area contributed by atoms with Gasteiger partial charge in [-0.2, -0.15) is 0 Å². The predicted octanol–water partition coefficient (Wildman–Crippen LogP) is 3.84. The van der Waals surface area contributed by atoms with Gasteiger partial charge in [0, 0.05) is 51.4 Å². The molecule has 0 aliphatic rings. The van der Waals surface area contributed by atoms with Gasteiger partial charge in [0.15, 0.2) is 0 Å². The third-order valence-electron chi connectivity index (χ3n) is 4.88. The summed E-state index contributed by atoms with van der Waals surface area (Å²) in [6, 6.07) is 7.44.